The molecule has 0 amide bonds. The minimum atomic E-state index is -5.26. The smallest absolute Gasteiger partial charge is 0.495 e. The van der Waals surface area contributed by atoms with E-state index in [0.29, 0.717) is 6.07 Å². The average Bonchev–Trinajstić information content (AvgIpc) is 2.02. The van der Waals surface area contributed by atoms with Gasteiger partial charge in [0, 0.05) is 6.20 Å². The molecule has 0 radical (unpaired) electrons. The Morgan fingerprint density at radius 1 is 1.36 bits per heavy atom. The largest absolute Gasteiger partial charge is 1.00 e. The van der Waals surface area contributed by atoms with Gasteiger partial charge in [0.15, 0.2) is 0 Å². The maximum atomic E-state index is 12.7. The summed E-state index contributed by atoms with van der Waals surface area (Å²) in [5.41, 5.74) is -1.10. The van der Waals surface area contributed by atoms with E-state index in [1.54, 1.807) is 0 Å². The maximum absolute atomic E-state index is 12.7. The van der Waals surface area contributed by atoms with Crippen LogP contribution in [-0.2, 0) is 0 Å². The molecular formula is C6H5BF4KNO. The summed E-state index contributed by atoms with van der Waals surface area (Å²) in [7, 11) is 0.964. The fourth-order valence-electron chi connectivity index (χ4n) is 0.896. The topological polar surface area (TPSA) is 22.1 Å². The minimum Gasteiger partial charge on any atom is -0.495 e. The van der Waals surface area contributed by atoms with E-state index in [4.69, 9.17) is 0 Å². The molecule has 0 bridgehead atoms. The third-order valence-electron chi connectivity index (χ3n) is 1.45. The number of halogens is 4. The Kier molecular flexibility index (Phi) is 5.60. The predicted octanol–water partition coefficient (Wildman–Crippen LogP) is -1.71. The van der Waals surface area contributed by atoms with E-state index >= 15 is 0 Å². The molecule has 0 aliphatic rings. The fourth-order valence-corrected chi connectivity index (χ4v) is 0.896. The zero-order valence-corrected chi connectivity index (χ0v) is 10.7. The quantitative estimate of drug-likeness (QED) is 0.344. The molecule has 14 heavy (non-hydrogen) atoms. The molecule has 1 aromatic heterocycles. The Morgan fingerprint density at radius 2 is 1.93 bits per heavy atom. The zero-order chi connectivity index (χ0) is 10.1. The van der Waals surface area contributed by atoms with Crippen LogP contribution in [0.2, 0.25) is 0 Å². The number of nitrogens with zero attached hydrogens (tertiary/aromatic N) is 1. The van der Waals surface area contributed by atoms with E-state index in [0.717, 1.165) is 13.3 Å². The Labute approximate surface area is 121 Å². The molecule has 0 N–H and O–H groups in total. The molecular weight excluding hydrogens is 228 g/mol. The second-order valence-electron chi connectivity index (χ2n) is 2.30. The van der Waals surface area contributed by atoms with Crippen LogP contribution in [0.1, 0.15) is 0 Å². The van der Waals surface area contributed by atoms with E-state index in [1.807, 2.05) is 0 Å². The third-order valence-corrected chi connectivity index (χ3v) is 1.45. The summed E-state index contributed by atoms with van der Waals surface area (Å²) in [6.07, 6.45) is 0.752. The van der Waals surface area contributed by atoms with Crippen molar-refractivity contribution in [1.82, 2.24) is 4.98 Å². The molecule has 0 saturated carbocycles. The van der Waals surface area contributed by atoms with Gasteiger partial charge in [-0.2, -0.15) is 4.39 Å². The van der Waals surface area contributed by atoms with Crippen LogP contribution in [0.25, 0.3) is 0 Å². The van der Waals surface area contributed by atoms with Crippen LogP contribution in [0.4, 0.5) is 17.3 Å². The van der Waals surface area contributed by atoms with Gasteiger partial charge in [-0.15, -0.1) is 0 Å². The summed E-state index contributed by atoms with van der Waals surface area (Å²) in [6, 6.07) is 0.682. The van der Waals surface area contributed by atoms with Gasteiger partial charge >= 0.3 is 58.4 Å². The van der Waals surface area contributed by atoms with Crippen molar-refractivity contribution in [1.29, 1.82) is 0 Å². The SMILES string of the molecule is COc1c([B-](F)(F)F)ccnc1F.[K+]. The van der Waals surface area contributed by atoms with E-state index in [-0.39, 0.29) is 51.4 Å². The van der Waals surface area contributed by atoms with E-state index in [9.17, 15) is 17.3 Å². The van der Waals surface area contributed by atoms with E-state index < -0.39 is 24.1 Å². The first-order chi connectivity index (χ1) is 5.96. The van der Waals surface area contributed by atoms with Gasteiger partial charge in [-0.05, 0) is 0 Å². The van der Waals surface area contributed by atoms with Crippen LogP contribution < -0.4 is 61.6 Å². The standard InChI is InChI=1S/C6H5BF4NO.K/c1-13-5-4(7(9,10)11)2-3-12-6(5)8;/h2-3H,1H3;/q-1;+1. The molecule has 0 atom stereocenters. The summed E-state index contributed by atoms with van der Waals surface area (Å²) in [5, 5.41) is 0. The van der Waals surface area contributed by atoms with Crippen LogP contribution in [-0.4, -0.2) is 19.1 Å². The second kappa shape index (κ2) is 5.45. The number of hydrogen-bond donors (Lipinski definition) is 0. The van der Waals surface area contributed by atoms with Crippen molar-refractivity contribution in [2.75, 3.05) is 7.11 Å². The van der Waals surface area contributed by atoms with Crippen molar-refractivity contribution in [3.8, 4) is 5.75 Å². The molecule has 0 saturated heterocycles. The van der Waals surface area contributed by atoms with Gasteiger partial charge in [-0.3, -0.25) is 0 Å². The van der Waals surface area contributed by atoms with Gasteiger partial charge in [0.25, 0.3) is 5.95 Å². The summed E-state index contributed by atoms with van der Waals surface area (Å²) in [5.74, 6) is -2.10. The normalized spacial score (nSPS) is 10.6. The van der Waals surface area contributed by atoms with Crippen LogP contribution in [0.3, 0.4) is 0 Å². The second-order valence-corrected chi connectivity index (χ2v) is 2.30. The van der Waals surface area contributed by atoms with Crippen LogP contribution in [0, 0.1) is 5.95 Å². The molecule has 0 aromatic carbocycles. The van der Waals surface area contributed by atoms with Crippen LogP contribution in [0.5, 0.6) is 5.75 Å². The number of rotatable bonds is 2. The molecule has 0 spiro atoms. The number of pyridine rings is 1. The summed E-state index contributed by atoms with van der Waals surface area (Å²) in [6.45, 7) is -5.26. The van der Waals surface area contributed by atoms with Crippen molar-refractivity contribution in [3.63, 3.8) is 0 Å². The first-order valence-corrected chi connectivity index (χ1v) is 3.35. The van der Waals surface area contributed by atoms with Gasteiger partial charge < -0.3 is 17.7 Å². The van der Waals surface area contributed by atoms with Crippen molar-refractivity contribution in [2.24, 2.45) is 0 Å². The molecule has 1 rings (SSSR count). The minimum absolute atomic E-state index is 0. The van der Waals surface area contributed by atoms with Crippen LogP contribution in [0.15, 0.2) is 12.3 Å². The molecule has 0 aliphatic carbocycles. The van der Waals surface area contributed by atoms with Crippen molar-refractivity contribution >= 4 is 12.4 Å². The summed E-state index contributed by atoms with van der Waals surface area (Å²) < 4.78 is 53.5. The van der Waals surface area contributed by atoms with Gasteiger partial charge in [0.2, 0.25) is 0 Å². The number of hydrogen-bond acceptors (Lipinski definition) is 2. The molecule has 1 aromatic rings. The molecule has 0 unspecified atom stereocenters. The van der Waals surface area contributed by atoms with Crippen molar-refractivity contribution in [3.05, 3.63) is 18.2 Å². The molecule has 2 nitrogen and oxygen atoms in total. The Morgan fingerprint density at radius 3 is 2.29 bits per heavy atom. The Bertz CT molecular complexity index is 319. The van der Waals surface area contributed by atoms with Gasteiger partial charge in [0.05, 0.1) is 7.11 Å². The monoisotopic (exact) mass is 233 g/mol. The van der Waals surface area contributed by atoms with Gasteiger partial charge in [-0.1, -0.05) is 11.5 Å². The van der Waals surface area contributed by atoms with E-state index in [2.05, 4.69) is 9.72 Å². The molecule has 1 heterocycles. The zero-order valence-electron chi connectivity index (χ0n) is 7.60. The van der Waals surface area contributed by atoms with Gasteiger partial charge in [-0.25, -0.2) is 4.98 Å². The number of aromatic nitrogens is 1. The number of ether oxygens (including phenoxy) is 1. The summed E-state index contributed by atoms with van der Waals surface area (Å²) in [4.78, 5) is 3.04. The van der Waals surface area contributed by atoms with Crippen molar-refractivity contribution < 1.29 is 73.5 Å². The Balaban J connectivity index is 0.00000169. The number of methoxy groups -OCH3 is 1. The molecule has 0 fully saturated rings. The predicted molar refractivity (Wildman–Crippen MR) is 39.5 cm³/mol. The fraction of sp³-hybridized carbons (Fsp3) is 0.167. The third kappa shape index (κ3) is 3.20. The molecule has 72 valence electrons. The maximum Gasteiger partial charge on any atom is 1.00 e. The average molecular weight is 233 g/mol. The van der Waals surface area contributed by atoms with E-state index in [1.165, 1.54) is 0 Å². The summed E-state index contributed by atoms with van der Waals surface area (Å²) >= 11 is 0. The molecule has 0 aliphatic heterocycles. The molecule has 8 heteroatoms. The van der Waals surface area contributed by atoms with Crippen LogP contribution >= 0.6 is 0 Å². The van der Waals surface area contributed by atoms with Gasteiger partial charge in [0.1, 0.15) is 5.75 Å². The Hall–Kier alpha value is 0.371. The van der Waals surface area contributed by atoms with Crippen molar-refractivity contribution in [2.45, 2.75) is 0 Å². The first kappa shape index (κ1) is 14.4. The first-order valence-electron chi connectivity index (χ1n) is 3.35.